The summed E-state index contributed by atoms with van der Waals surface area (Å²) >= 11 is 7.04. The van der Waals surface area contributed by atoms with Crippen molar-refractivity contribution >= 4 is 40.9 Å². The van der Waals surface area contributed by atoms with Gasteiger partial charge in [0, 0.05) is 12.1 Å². The molecule has 2 N–H and O–H groups in total. The van der Waals surface area contributed by atoms with E-state index in [-0.39, 0.29) is 28.3 Å². The number of nitrogens with one attached hydrogen (secondary N) is 2. The van der Waals surface area contributed by atoms with Gasteiger partial charge in [0.15, 0.2) is 11.0 Å². The molecule has 12 heteroatoms. The summed E-state index contributed by atoms with van der Waals surface area (Å²) in [4.78, 5) is 25.2. The van der Waals surface area contributed by atoms with Crippen molar-refractivity contribution in [3.05, 3.63) is 70.5 Å². The number of rotatable bonds is 9. The van der Waals surface area contributed by atoms with Crippen LogP contribution in [0.1, 0.15) is 48.6 Å². The summed E-state index contributed by atoms with van der Waals surface area (Å²) in [6, 6.07) is 11.1. The van der Waals surface area contributed by atoms with Gasteiger partial charge >= 0.3 is 6.18 Å². The Balaban J connectivity index is 1.72. The largest absolute Gasteiger partial charge is 0.416 e. The molecule has 2 aromatic carbocycles. The number of halogens is 4. The van der Waals surface area contributed by atoms with Gasteiger partial charge in [0.25, 0.3) is 5.91 Å². The average Bonchev–Trinajstić information content (AvgIpc) is 3.24. The maximum Gasteiger partial charge on any atom is 0.416 e. The Labute approximate surface area is 215 Å². The number of alkyl halides is 3. The zero-order chi connectivity index (χ0) is 26.5. The first kappa shape index (κ1) is 27.5. The molecule has 0 fully saturated rings. The van der Waals surface area contributed by atoms with Crippen LogP contribution in [0, 0.1) is 5.92 Å². The van der Waals surface area contributed by atoms with Gasteiger partial charge in [-0.2, -0.15) is 13.2 Å². The number of nitrogens with zero attached hydrogens (tertiary/aromatic N) is 3. The van der Waals surface area contributed by atoms with E-state index in [9.17, 15) is 22.8 Å². The van der Waals surface area contributed by atoms with E-state index >= 15 is 0 Å². The quantitative estimate of drug-likeness (QED) is 0.334. The molecule has 36 heavy (non-hydrogen) atoms. The van der Waals surface area contributed by atoms with Crippen LogP contribution in [0.15, 0.2) is 53.7 Å². The summed E-state index contributed by atoms with van der Waals surface area (Å²) in [6.45, 7) is 6.26. The molecule has 3 aromatic rings. The van der Waals surface area contributed by atoms with Gasteiger partial charge < -0.3 is 15.2 Å². The van der Waals surface area contributed by atoms with Crippen molar-refractivity contribution in [3.8, 4) is 0 Å². The summed E-state index contributed by atoms with van der Waals surface area (Å²) in [5, 5.41) is 14.3. The number of benzene rings is 2. The number of hydrogen-bond acceptors (Lipinski definition) is 5. The fourth-order valence-electron chi connectivity index (χ4n) is 3.39. The lowest BCUT2D eigenvalue weighted by Crippen LogP contribution is -2.33. The van der Waals surface area contributed by atoms with Gasteiger partial charge in [-0.15, -0.1) is 10.2 Å². The normalized spacial score (nSPS) is 12.4. The Morgan fingerprint density at radius 1 is 1.11 bits per heavy atom. The van der Waals surface area contributed by atoms with Gasteiger partial charge in [0.2, 0.25) is 5.91 Å². The second kappa shape index (κ2) is 11.8. The zero-order valence-electron chi connectivity index (χ0n) is 19.8. The number of carbonyl (C=O) groups is 2. The molecule has 0 unspecified atom stereocenters. The van der Waals surface area contributed by atoms with Gasteiger partial charge in [0.05, 0.1) is 28.1 Å². The molecular formula is C24H25ClF3N5O2S. The minimum atomic E-state index is -4.56. The van der Waals surface area contributed by atoms with Crippen LogP contribution in [0.3, 0.4) is 0 Å². The monoisotopic (exact) mass is 539 g/mol. The lowest BCUT2D eigenvalue weighted by molar-refractivity contribution is -0.137. The van der Waals surface area contributed by atoms with E-state index in [1.807, 2.05) is 26.8 Å². The molecule has 0 aliphatic carbocycles. The molecule has 0 aliphatic rings. The van der Waals surface area contributed by atoms with Crippen LogP contribution >= 0.6 is 23.4 Å². The predicted octanol–water partition coefficient (Wildman–Crippen LogP) is 5.83. The number of thioether (sulfide) groups is 1. The van der Waals surface area contributed by atoms with Gasteiger partial charge in [-0.1, -0.05) is 55.4 Å². The Morgan fingerprint density at radius 2 is 1.81 bits per heavy atom. The number of carbonyl (C=O) groups excluding carboxylic acids is 2. The Bertz CT molecular complexity index is 1220. The van der Waals surface area contributed by atoms with Crippen molar-refractivity contribution in [2.75, 3.05) is 11.1 Å². The maximum atomic E-state index is 13.0. The fourth-order valence-corrected chi connectivity index (χ4v) is 4.37. The van der Waals surface area contributed by atoms with E-state index in [1.165, 1.54) is 0 Å². The van der Waals surface area contributed by atoms with E-state index in [0.29, 0.717) is 23.1 Å². The van der Waals surface area contributed by atoms with E-state index in [2.05, 4.69) is 20.8 Å². The number of hydrogen-bond donors (Lipinski definition) is 2. The average molecular weight is 540 g/mol. The van der Waals surface area contributed by atoms with Crippen LogP contribution < -0.4 is 10.6 Å². The first-order valence-electron chi connectivity index (χ1n) is 11.1. The highest BCUT2D eigenvalue weighted by Gasteiger charge is 2.31. The molecule has 7 nitrogen and oxygen atoms in total. The summed E-state index contributed by atoms with van der Waals surface area (Å²) in [5.41, 5.74) is -0.522. The predicted molar refractivity (Wildman–Crippen MR) is 133 cm³/mol. The first-order chi connectivity index (χ1) is 17.0. The van der Waals surface area contributed by atoms with Gasteiger partial charge in [-0.05, 0) is 43.2 Å². The van der Waals surface area contributed by atoms with Crippen molar-refractivity contribution in [3.63, 3.8) is 0 Å². The lowest BCUT2D eigenvalue weighted by Gasteiger charge is -2.22. The summed E-state index contributed by atoms with van der Waals surface area (Å²) < 4.78 is 40.8. The van der Waals surface area contributed by atoms with Crippen molar-refractivity contribution < 1.29 is 22.8 Å². The molecule has 0 radical (unpaired) electrons. The minimum absolute atomic E-state index is 0.00337. The zero-order valence-corrected chi connectivity index (χ0v) is 21.3. The maximum absolute atomic E-state index is 13.0. The van der Waals surface area contributed by atoms with Gasteiger partial charge in [0.1, 0.15) is 0 Å². The number of amides is 2. The van der Waals surface area contributed by atoms with Crippen molar-refractivity contribution in [2.45, 2.75) is 44.7 Å². The topological polar surface area (TPSA) is 88.9 Å². The molecule has 0 aliphatic heterocycles. The van der Waals surface area contributed by atoms with E-state index in [0.717, 1.165) is 30.0 Å². The molecule has 3 rings (SSSR count). The Kier molecular flexibility index (Phi) is 9.02. The second-order valence-corrected chi connectivity index (χ2v) is 9.53. The summed E-state index contributed by atoms with van der Waals surface area (Å²) in [5.74, 6) is -0.386. The smallest absolute Gasteiger partial charge is 0.342 e. The molecule has 1 heterocycles. The van der Waals surface area contributed by atoms with E-state index < -0.39 is 23.7 Å². The van der Waals surface area contributed by atoms with Crippen LogP contribution in [0.25, 0.3) is 0 Å². The molecule has 2 amide bonds. The molecule has 0 bridgehead atoms. The van der Waals surface area contributed by atoms with Crippen molar-refractivity contribution in [2.24, 2.45) is 5.92 Å². The molecule has 0 saturated carbocycles. The molecular weight excluding hydrogens is 515 g/mol. The molecule has 192 valence electrons. The second-order valence-electron chi connectivity index (χ2n) is 8.18. The molecule has 1 aromatic heterocycles. The van der Waals surface area contributed by atoms with Crippen molar-refractivity contribution in [1.82, 2.24) is 20.1 Å². The minimum Gasteiger partial charge on any atom is -0.342 e. The number of aromatic nitrogens is 3. The molecule has 0 saturated heterocycles. The van der Waals surface area contributed by atoms with Crippen molar-refractivity contribution in [1.29, 1.82) is 0 Å². The Hall–Kier alpha value is -3.05. The van der Waals surface area contributed by atoms with E-state index in [1.54, 1.807) is 28.8 Å². The van der Waals surface area contributed by atoms with E-state index in [4.69, 9.17) is 11.6 Å². The van der Waals surface area contributed by atoms with Crippen LogP contribution in [0.4, 0.5) is 18.9 Å². The SMILES string of the molecule is CCn1c(SCC(=O)Nc2cc(C(F)(F)F)ccc2Cl)nnc1[C@H](NC(=O)c1ccccc1)C(C)C. The first-order valence-corrected chi connectivity index (χ1v) is 12.5. The summed E-state index contributed by atoms with van der Waals surface area (Å²) in [6.07, 6.45) is -4.56. The Morgan fingerprint density at radius 3 is 2.42 bits per heavy atom. The van der Waals surface area contributed by atoms with Gasteiger partial charge in [-0.25, -0.2) is 0 Å². The highest BCUT2D eigenvalue weighted by molar-refractivity contribution is 7.99. The molecule has 0 spiro atoms. The standard InChI is InChI=1S/C24H25ClF3N5O2S/c1-4-33-21(20(14(2)3)30-22(35)15-8-6-5-7-9-15)31-32-23(33)36-13-19(34)29-18-12-16(24(26,27)28)10-11-17(18)25/h5-12,14,20H,4,13H2,1-3H3,(H,29,34)(H,30,35)/t20-/m1/s1. The van der Waals surface area contributed by atoms with Crippen LogP contribution in [0.2, 0.25) is 5.02 Å². The number of anilines is 1. The highest BCUT2D eigenvalue weighted by Crippen LogP contribution is 2.34. The third kappa shape index (κ3) is 6.79. The van der Waals surface area contributed by atoms with Crippen LogP contribution in [-0.4, -0.2) is 32.3 Å². The third-order valence-corrected chi connectivity index (χ3v) is 6.53. The molecule has 1 atom stereocenters. The summed E-state index contributed by atoms with van der Waals surface area (Å²) in [7, 11) is 0. The fraction of sp³-hybridized carbons (Fsp3) is 0.333. The third-order valence-electron chi connectivity index (χ3n) is 5.23. The van der Waals surface area contributed by atoms with Gasteiger partial charge in [-0.3, -0.25) is 9.59 Å². The highest BCUT2D eigenvalue weighted by atomic mass is 35.5. The van der Waals surface area contributed by atoms with Crippen LogP contribution in [-0.2, 0) is 17.5 Å². The lowest BCUT2D eigenvalue weighted by atomic mass is 10.0. The van der Waals surface area contributed by atoms with Crippen LogP contribution in [0.5, 0.6) is 0 Å².